The van der Waals surface area contributed by atoms with Crippen LogP contribution in [0.2, 0.25) is 0 Å². The van der Waals surface area contributed by atoms with E-state index >= 15 is 0 Å². The summed E-state index contributed by atoms with van der Waals surface area (Å²) in [5.41, 5.74) is 5.09. The number of alkyl halides is 3. The molecule has 0 aliphatic carbocycles. The van der Waals surface area contributed by atoms with Crippen LogP contribution >= 0.6 is 11.8 Å². The number of hydrogen-bond acceptors (Lipinski definition) is 3. The molecule has 0 aliphatic rings. The van der Waals surface area contributed by atoms with Crippen molar-refractivity contribution in [3.63, 3.8) is 0 Å². The summed E-state index contributed by atoms with van der Waals surface area (Å²) >= 11 is 0.896. The molecule has 0 rings (SSSR count). The van der Waals surface area contributed by atoms with Crippen molar-refractivity contribution < 1.29 is 13.2 Å². The fourth-order valence-corrected chi connectivity index (χ4v) is 2.13. The Labute approximate surface area is 93.4 Å². The van der Waals surface area contributed by atoms with Crippen molar-refractivity contribution in [3.05, 3.63) is 0 Å². The van der Waals surface area contributed by atoms with E-state index in [4.69, 9.17) is 5.73 Å². The molecule has 0 spiro atoms. The van der Waals surface area contributed by atoms with Crippen LogP contribution in [-0.2, 0) is 0 Å². The van der Waals surface area contributed by atoms with Gasteiger partial charge in [-0.05, 0) is 13.1 Å². The molecule has 1 unspecified atom stereocenters. The highest BCUT2D eigenvalue weighted by Crippen LogP contribution is 2.29. The molecule has 1 atom stereocenters. The molecule has 2 N–H and O–H groups in total. The van der Waals surface area contributed by atoms with E-state index in [0.717, 1.165) is 24.9 Å². The topological polar surface area (TPSA) is 29.3 Å². The zero-order valence-electron chi connectivity index (χ0n) is 9.18. The van der Waals surface area contributed by atoms with Crippen LogP contribution in [0.15, 0.2) is 0 Å². The minimum atomic E-state index is -4.18. The Hall–Kier alpha value is 0.0600. The summed E-state index contributed by atoms with van der Waals surface area (Å²) < 4.78 is 36.9. The number of thioether (sulfide) groups is 1. The maximum absolute atomic E-state index is 12.3. The highest BCUT2D eigenvalue weighted by molar-refractivity contribution is 8.00. The predicted octanol–water partition coefficient (Wildman–Crippen LogP) is 1.95. The minimum absolute atomic E-state index is 0.341. The first kappa shape index (κ1) is 15.1. The maximum Gasteiger partial charge on any atom is 0.401 e. The molecule has 0 aromatic heterocycles. The summed E-state index contributed by atoms with van der Waals surface area (Å²) in [6, 6.07) is 0. The molecule has 0 aromatic rings. The van der Waals surface area contributed by atoms with Crippen LogP contribution < -0.4 is 5.73 Å². The first-order valence-corrected chi connectivity index (χ1v) is 6.11. The van der Waals surface area contributed by atoms with E-state index in [2.05, 4.69) is 4.90 Å². The van der Waals surface area contributed by atoms with Crippen LogP contribution in [-0.4, -0.2) is 48.3 Å². The average molecular weight is 244 g/mol. The van der Waals surface area contributed by atoms with Gasteiger partial charge in [0.15, 0.2) is 0 Å². The lowest BCUT2D eigenvalue weighted by Crippen LogP contribution is -2.34. The van der Waals surface area contributed by atoms with E-state index in [1.807, 2.05) is 13.8 Å². The third-order valence-corrected chi connectivity index (χ3v) is 3.48. The fraction of sp³-hybridized carbons (Fsp3) is 1.00. The van der Waals surface area contributed by atoms with Gasteiger partial charge in [-0.2, -0.15) is 13.2 Å². The third kappa shape index (κ3) is 6.27. The van der Waals surface area contributed by atoms with Crippen LogP contribution in [0.1, 0.15) is 13.8 Å². The van der Waals surface area contributed by atoms with Gasteiger partial charge in [0.1, 0.15) is 5.25 Å². The molecular formula is C9H19F3N2S. The second-order valence-corrected chi connectivity index (χ2v) is 4.47. The SMILES string of the molecule is CCN(CC)CCSC(CN)C(F)(F)F. The molecule has 6 heteroatoms. The third-order valence-electron chi connectivity index (χ3n) is 2.20. The summed E-state index contributed by atoms with van der Waals surface area (Å²) in [6.07, 6.45) is -4.18. The summed E-state index contributed by atoms with van der Waals surface area (Å²) in [5, 5.41) is -1.42. The van der Waals surface area contributed by atoms with Gasteiger partial charge < -0.3 is 10.6 Å². The molecule has 0 saturated heterocycles. The standard InChI is InChI=1S/C9H19F3N2S/c1-3-14(4-2)5-6-15-8(7-13)9(10,11)12/h8H,3-7,13H2,1-2H3. The van der Waals surface area contributed by atoms with E-state index in [1.54, 1.807) is 0 Å². The van der Waals surface area contributed by atoms with Gasteiger partial charge in [-0.3, -0.25) is 0 Å². The quantitative estimate of drug-likeness (QED) is 0.742. The minimum Gasteiger partial charge on any atom is -0.329 e. The first-order valence-electron chi connectivity index (χ1n) is 5.06. The summed E-state index contributed by atoms with van der Waals surface area (Å²) in [7, 11) is 0. The Kier molecular flexibility index (Phi) is 7.38. The molecule has 0 fully saturated rings. The normalized spacial score (nSPS) is 14.6. The smallest absolute Gasteiger partial charge is 0.329 e. The number of rotatable bonds is 7. The van der Waals surface area contributed by atoms with Gasteiger partial charge >= 0.3 is 6.18 Å². The molecule has 15 heavy (non-hydrogen) atoms. The second-order valence-electron chi connectivity index (χ2n) is 3.16. The van der Waals surface area contributed by atoms with Crippen LogP contribution in [0.3, 0.4) is 0 Å². The monoisotopic (exact) mass is 244 g/mol. The first-order chi connectivity index (χ1) is 6.95. The fourth-order valence-electron chi connectivity index (χ4n) is 1.16. The van der Waals surface area contributed by atoms with E-state index < -0.39 is 11.4 Å². The van der Waals surface area contributed by atoms with E-state index in [0.29, 0.717) is 12.3 Å². The van der Waals surface area contributed by atoms with Crippen molar-refractivity contribution in [2.45, 2.75) is 25.3 Å². The second kappa shape index (κ2) is 7.35. The van der Waals surface area contributed by atoms with Crippen LogP contribution in [0.25, 0.3) is 0 Å². The lowest BCUT2D eigenvalue weighted by Gasteiger charge is -2.21. The molecule has 0 saturated carbocycles. The van der Waals surface area contributed by atoms with E-state index in [9.17, 15) is 13.2 Å². The molecule has 0 amide bonds. The Balaban J connectivity index is 3.82. The lowest BCUT2D eigenvalue weighted by atomic mass is 10.4. The Morgan fingerprint density at radius 3 is 2.13 bits per heavy atom. The average Bonchev–Trinajstić information content (AvgIpc) is 2.16. The Morgan fingerprint density at radius 1 is 1.27 bits per heavy atom. The molecule has 2 nitrogen and oxygen atoms in total. The molecule has 0 heterocycles. The molecule has 0 aromatic carbocycles. The Morgan fingerprint density at radius 2 is 1.80 bits per heavy atom. The van der Waals surface area contributed by atoms with Crippen LogP contribution in [0.4, 0.5) is 13.2 Å². The van der Waals surface area contributed by atoms with Crippen molar-refractivity contribution >= 4 is 11.8 Å². The van der Waals surface area contributed by atoms with Gasteiger partial charge in [0, 0.05) is 18.8 Å². The number of nitrogens with zero attached hydrogens (tertiary/aromatic N) is 1. The van der Waals surface area contributed by atoms with Crippen molar-refractivity contribution in [1.29, 1.82) is 0 Å². The highest BCUT2D eigenvalue weighted by Gasteiger charge is 2.38. The van der Waals surface area contributed by atoms with Crippen LogP contribution in [0, 0.1) is 0 Å². The lowest BCUT2D eigenvalue weighted by molar-refractivity contribution is -0.126. The molecule has 0 bridgehead atoms. The zero-order valence-corrected chi connectivity index (χ0v) is 10.00. The number of halogens is 3. The van der Waals surface area contributed by atoms with Gasteiger partial charge in [-0.15, -0.1) is 11.8 Å². The maximum atomic E-state index is 12.3. The van der Waals surface area contributed by atoms with Crippen molar-refractivity contribution in [2.75, 3.05) is 31.9 Å². The largest absolute Gasteiger partial charge is 0.401 e. The van der Waals surface area contributed by atoms with Gasteiger partial charge in [0.2, 0.25) is 0 Å². The summed E-state index contributed by atoms with van der Waals surface area (Å²) in [5.74, 6) is 0.475. The number of hydrogen-bond donors (Lipinski definition) is 1. The van der Waals surface area contributed by atoms with Gasteiger partial charge in [0.25, 0.3) is 0 Å². The van der Waals surface area contributed by atoms with Crippen molar-refractivity contribution in [3.8, 4) is 0 Å². The van der Waals surface area contributed by atoms with E-state index in [-0.39, 0.29) is 6.54 Å². The predicted molar refractivity (Wildman–Crippen MR) is 59.1 cm³/mol. The zero-order chi connectivity index (χ0) is 11.9. The van der Waals surface area contributed by atoms with Crippen molar-refractivity contribution in [1.82, 2.24) is 4.90 Å². The Bertz CT molecular complexity index is 160. The summed E-state index contributed by atoms with van der Waals surface area (Å²) in [6.45, 7) is 6.08. The van der Waals surface area contributed by atoms with Gasteiger partial charge in [-0.1, -0.05) is 13.8 Å². The van der Waals surface area contributed by atoms with Gasteiger partial charge in [-0.25, -0.2) is 0 Å². The molecular weight excluding hydrogens is 225 g/mol. The number of nitrogens with two attached hydrogens (primary N) is 1. The van der Waals surface area contributed by atoms with Crippen molar-refractivity contribution in [2.24, 2.45) is 5.73 Å². The molecule has 0 radical (unpaired) electrons. The van der Waals surface area contributed by atoms with Gasteiger partial charge in [0.05, 0.1) is 0 Å². The summed E-state index contributed by atoms with van der Waals surface area (Å²) in [4.78, 5) is 2.09. The molecule has 92 valence electrons. The highest BCUT2D eigenvalue weighted by atomic mass is 32.2. The van der Waals surface area contributed by atoms with E-state index in [1.165, 1.54) is 0 Å². The molecule has 0 aliphatic heterocycles. The van der Waals surface area contributed by atoms with Crippen LogP contribution in [0.5, 0.6) is 0 Å².